The highest BCUT2D eigenvalue weighted by Gasteiger charge is 2.06. The Morgan fingerprint density at radius 3 is 2.95 bits per heavy atom. The lowest BCUT2D eigenvalue weighted by Crippen LogP contribution is -2.00. The van der Waals surface area contributed by atoms with Gasteiger partial charge < -0.3 is 9.72 Å². The van der Waals surface area contributed by atoms with Crippen LogP contribution in [0, 0.1) is 0 Å². The molecule has 19 heavy (non-hydrogen) atoms. The zero-order valence-corrected chi connectivity index (χ0v) is 11.2. The Kier molecular flexibility index (Phi) is 2.95. The van der Waals surface area contributed by atoms with E-state index in [4.69, 9.17) is 0 Å². The number of aromatic nitrogens is 4. The van der Waals surface area contributed by atoms with Crippen LogP contribution in [0.5, 0.6) is 0 Å². The third kappa shape index (κ3) is 2.31. The molecule has 0 radical (unpaired) electrons. The Morgan fingerprint density at radius 2 is 2.16 bits per heavy atom. The zero-order chi connectivity index (χ0) is 13.2. The monoisotopic (exact) mass is 255 g/mol. The van der Waals surface area contributed by atoms with Crippen LogP contribution in [-0.4, -0.2) is 19.2 Å². The molecular formula is C14H17N5. The number of aryl methyl sites for hydroxylation is 2. The quantitative estimate of drug-likeness (QED) is 0.777. The lowest BCUT2D eigenvalue weighted by atomic mass is 10.3. The van der Waals surface area contributed by atoms with Crippen LogP contribution in [0.15, 0.2) is 36.8 Å². The zero-order valence-electron chi connectivity index (χ0n) is 11.2. The number of hydrogen-bond acceptors (Lipinski definition) is 3. The number of pyridine rings is 1. The molecule has 3 aromatic rings. The molecule has 5 nitrogen and oxygen atoms in total. The van der Waals surface area contributed by atoms with E-state index in [2.05, 4.69) is 22.3 Å². The van der Waals surface area contributed by atoms with E-state index in [0.717, 1.165) is 29.1 Å². The van der Waals surface area contributed by atoms with Gasteiger partial charge in [-0.25, -0.2) is 4.98 Å². The minimum atomic E-state index is 0.709. The molecule has 0 aromatic carbocycles. The number of anilines is 1. The van der Waals surface area contributed by atoms with E-state index in [1.807, 2.05) is 52.9 Å². The summed E-state index contributed by atoms with van der Waals surface area (Å²) in [6, 6.07) is 6.00. The van der Waals surface area contributed by atoms with Crippen LogP contribution in [0.4, 0.5) is 5.69 Å². The average molecular weight is 255 g/mol. The second kappa shape index (κ2) is 4.76. The van der Waals surface area contributed by atoms with Crippen LogP contribution < -0.4 is 5.32 Å². The fourth-order valence-corrected chi connectivity index (χ4v) is 2.20. The largest absolute Gasteiger partial charge is 0.377 e. The molecule has 3 aromatic heterocycles. The van der Waals surface area contributed by atoms with E-state index in [0.29, 0.717) is 6.54 Å². The van der Waals surface area contributed by atoms with Gasteiger partial charge >= 0.3 is 0 Å². The maximum atomic E-state index is 4.56. The lowest BCUT2D eigenvalue weighted by Gasteiger charge is -2.02. The van der Waals surface area contributed by atoms with Crippen molar-refractivity contribution in [2.75, 3.05) is 5.32 Å². The second-order valence-electron chi connectivity index (χ2n) is 4.57. The van der Waals surface area contributed by atoms with Crippen LogP contribution in [0.2, 0.25) is 0 Å². The molecule has 0 aliphatic carbocycles. The molecule has 1 N–H and O–H groups in total. The molecule has 3 heterocycles. The van der Waals surface area contributed by atoms with Gasteiger partial charge in [0, 0.05) is 25.6 Å². The predicted molar refractivity (Wildman–Crippen MR) is 75.1 cm³/mol. The summed E-state index contributed by atoms with van der Waals surface area (Å²) in [6.07, 6.45) is 6.99. The third-order valence-corrected chi connectivity index (χ3v) is 3.11. The number of fused-ring (bicyclic) bond motifs is 1. The maximum Gasteiger partial charge on any atom is 0.137 e. The predicted octanol–water partition coefficient (Wildman–Crippen LogP) is 2.24. The van der Waals surface area contributed by atoms with Gasteiger partial charge in [-0.3, -0.25) is 4.68 Å². The molecule has 3 rings (SSSR count). The average Bonchev–Trinajstić information content (AvgIpc) is 2.98. The molecule has 0 atom stereocenters. The Bertz CT molecular complexity index is 662. The van der Waals surface area contributed by atoms with Gasteiger partial charge in [0.25, 0.3) is 0 Å². The smallest absolute Gasteiger partial charge is 0.137 e. The number of rotatable bonds is 4. The number of nitrogens with one attached hydrogen (secondary N) is 1. The molecular weight excluding hydrogens is 238 g/mol. The molecule has 0 fully saturated rings. The van der Waals surface area contributed by atoms with Crippen molar-refractivity contribution in [1.82, 2.24) is 19.2 Å². The van der Waals surface area contributed by atoms with Gasteiger partial charge in [0.05, 0.1) is 23.6 Å². The summed E-state index contributed by atoms with van der Waals surface area (Å²) in [5, 5.41) is 7.82. The van der Waals surface area contributed by atoms with Gasteiger partial charge in [0.15, 0.2) is 0 Å². The van der Waals surface area contributed by atoms with Crippen LogP contribution in [0.25, 0.3) is 5.65 Å². The Hall–Kier alpha value is -2.30. The van der Waals surface area contributed by atoms with Crippen molar-refractivity contribution in [2.45, 2.75) is 19.9 Å². The fourth-order valence-electron chi connectivity index (χ4n) is 2.20. The van der Waals surface area contributed by atoms with Crippen LogP contribution in [-0.2, 0) is 20.0 Å². The van der Waals surface area contributed by atoms with E-state index < -0.39 is 0 Å². The first-order chi connectivity index (χ1) is 9.26. The van der Waals surface area contributed by atoms with Gasteiger partial charge in [-0.05, 0) is 18.6 Å². The topological polar surface area (TPSA) is 47.2 Å². The Morgan fingerprint density at radius 1 is 1.26 bits per heavy atom. The van der Waals surface area contributed by atoms with Crippen molar-refractivity contribution in [3.63, 3.8) is 0 Å². The van der Waals surface area contributed by atoms with Crippen molar-refractivity contribution in [2.24, 2.45) is 7.05 Å². The van der Waals surface area contributed by atoms with Crippen LogP contribution in [0.1, 0.15) is 18.3 Å². The third-order valence-electron chi connectivity index (χ3n) is 3.11. The van der Waals surface area contributed by atoms with Crippen molar-refractivity contribution in [3.05, 3.63) is 48.2 Å². The molecule has 0 bridgehead atoms. The lowest BCUT2D eigenvalue weighted by molar-refractivity contribution is 0.746. The highest BCUT2D eigenvalue weighted by Crippen LogP contribution is 2.15. The van der Waals surface area contributed by atoms with E-state index in [1.54, 1.807) is 0 Å². The number of nitrogens with zero attached hydrogens (tertiary/aromatic N) is 4. The maximum absolute atomic E-state index is 4.56. The van der Waals surface area contributed by atoms with E-state index >= 15 is 0 Å². The standard InChI is InChI=1S/C14H17N5/c1-3-12-13(10-18(2)17-12)15-8-11-9-19-7-5-4-6-14(19)16-11/h4-7,9-10,15H,3,8H2,1-2H3. The van der Waals surface area contributed by atoms with Gasteiger partial charge in [-0.2, -0.15) is 5.10 Å². The van der Waals surface area contributed by atoms with Crippen molar-refractivity contribution >= 4 is 11.3 Å². The second-order valence-corrected chi connectivity index (χ2v) is 4.57. The first-order valence-electron chi connectivity index (χ1n) is 6.45. The summed E-state index contributed by atoms with van der Waals surface area (Å²) in [4.78, 5) is 4.56. The SMILES string of the molecule is CCc1nn(C)cc1NCc1cn2ccccc2n1. The summed E-state index contributed by atoms with van der Waals surface area (Å²) in [7, 11) is 1.94. The van der Waals surface area contributed by atoms with Crippen molar-refractivity contribution in [1.29, 1.82) is 0 Å². The summed E-state index contributed by atoms with van der Waals surface area (Å²) in [6.45, 7) is 2.82. The fraction of sp³-hybridized carbons (Fsp3) is 0.286. The molecule has 5 heteroatoms. The molecule has 0 aliphatic heterocycles. The summed E-state index contributed by atoms with van der Waals surface area (Å²) in [5.41, 5.74) is 4.17. The van der Waals surface area contributed by atoms with Gasteiger partial charge in [-0.15, -0.1) is 0 Å². The molecule has 98 valence electrons. The summed E-state index contributed by atoms with van der Waals surface area (Å²) in [5.74, 6) is 0. The summed E-state index contributed by atoms with van der Waals surface area (Å²) < 4.78 is 3.87. The number of imidazole rings is 1. The number of hydrogen-bond donors (Lipinski definition) is 1. The molecule has 0 spiro atoms. The van der Waals surface area contributed by atoms with E-state index in [9.17, 15) is 0 Å². The molecule has 0 unspecified atom stereocenters. The molecule has 0 saturated carbocycles. The molecule has 0 saturated heterocycles. The van der Waals surface area contributed by atoms with Gasteiger partial charge in [0.1, 0.15) is 5.65 Å². The van der Waals surface area contributed by atoms with Gasteiger partial charge in [-0.1, -0.05) is 13.0 Å². The first kappa shape index (κ1) is 11.8. The highest BCUT2D eigenvalue weighted by atomic mass is 15.3. The van der Waals surface area contributed by atoms with E-state index in [-0.39, 0.29) is 0 Å². The molecule has 0 aliphatic rings. The van der Waals surface area contributed by atoms with Gasteiger partial charge in [0.2, 0.25) is 0 Å². The van der Waals surface area contributed by atoms with Crippen molar-refractivity contribution < 1.29 is 0 Å². The first-order valence-corrected chi connectivity index (χ1v) is 6.45. The highest BCUT2D eigenvalue weighted by molar-refractivity contribution is 5.47. The molecule has 0 amide bonds. The minimum Gasteiger partial charge on any atom is -0.377 e. The Labute approximate surface area is 111 Å². The van der Waals surface area contributed by atoms with Crippen LogP contribution >= 0.6 is 0 Å². The minimum absolute atomic E-state index is 0.709. The van der Waals surface area contributed by atoms with Crippen LogP contribution in [0.3, 0.4) is 0 Å². The Balaban J connectivity index is 1.78. The van der Waals surface area contributed by atoms with E-state index in [1.165, 1.54) is 0 Å². The summed E-state index contributed by atoms with van der Waals surface area (Å²) >= 11 is 0. The normalized spacial score (nSPS) is 11.1. The van der Waals surface area contributed by atoms with Crippen molar-refractivity contribution in [3.8, 4) is 0 Å².